The number of hydrogen-bond donors (Lipinski definition) is 2. The normalized spacial score (nSPS) is 30.2. The SMILES string of the molecule is CC(C)C1C(=O)N=C(C2CCCCN2)NC1=O. The Morgan fingerprint density at radius 3 is 2.59 bits per heavy atom. The monoisotopic (exact) mass is 237 g/mol. The van der Waals surface area contributed by atoms with Gasteiger partial charge in [0.05, 0.1) is 6.04 Å². The Bertz CT molecular complexity index is 357. The largest absolute Gasteiger partial charge is 0.312 e. The summed E-state index contributed by atoms with van der Waals surface area (Å²) in [5, 5.41) is 6.05. The Morgan fingerprint density at radius 1 is 1.29 bits per heavy atom. The van der Waals surface area contributed by atoms with Crippen LogP contribution in [0.2, 0.25) is 0 Å². The number of carbonyl (C=O) groups excluding carboxylic acids is 2. The third-order valence-electron chi connectivity index (χ3n) is 3.34. The van der Waals surface area contributed by atoms with Crippen molar-refractivity contribution < 1.29 is 9.59 Å². The molecular weight excluding hydrogens is 218 g/mol. The van der Waals surface area contributed by atoms with Gasteiger partial charge in [-0.15, -0.1) is 0 Å². The molecule has 0 spiro atoms. The summed E-state index contributed by atoms with van der Waals surface area (Å²) < 4.78 is 0. The number of aliphatic imine (C=N–C) groups is 1. The molecule has 0 aromatic carbocycles. The van der Waals surface area contributed by atoms with E-state index >= 15 is 0 Å². The van der Waals surface area contributed by atoms with Crippen LogP contribution in [0.4, 0.5) is 0 Å². The van der Waals surface area contributed by atoms with E-state index in [1.54, 1.807) is 0 Å². The molecule has 1 saturated heterocycles. The first-order valence-corrected chi connectivity index (χ1v) is 6.26. The van der Waals surface area contributed by atoms with Crippen LogP contribution in [-0.4, -0.2) is 30.2 Å². The molecule has 94 valence electrons. The molecule has 0 aromatic rings. The van der Waals surface area contributed by atoms with Gasteiger partial charge >= 0.3 is 0 Å². The van der Waals surface area contributed by atoms with E-state index in [0.29, 0.717) is 5.84 Å². The van der Waals surface area contributed by atoms with Crippen molar-refractivity contribution in [2.45, 2.75) is 39.2 Å². The summed E-state index contributed by atoms with van der Waals surface area (Å²) in [4.78, 5) is 27.7. The van der Waals surface area contributed by atoms with Gasteiger partial charge in [0, 0.05) is 0 Å². The van der Waals surface area contributed by atoms with Gasteiger partial charge in [-0.3, -0.25) is 9.59 Å². The molecular formula is C12H19N3O2. The molecule has 2 N–H and O–H groups in total. The van der Waals surface area contributed by atoms with Gasteiger partial charge in [0.15, 0.2) is 0 Å². The summed E-state index contributed by atoms with van der Waals surface area (Å²) in [5.41, 5.74) is 0. The van der Waals surface area contributed by atoms with Gasteiger partial charge in [0.25, 0.3) is 5.91 Å². The number of carbonyl (C=O) groups is 2. The highest BCUT2D eigenvalue weighted by atomic mass is 16.2. The predicted octanol–water partition coefficient (Wildman–Crippen LogP) is 0.456. The zero-order valence-corrected chi connectivity index (χ0v) is 10.3. The van der Waals surface area contributed by atoms with E-state index < -0.39 is 5.92 Å². The van der Waals surface area contributed by atoms with Crippen LogP contribution in [-0.2, 0) is 9.59 Å². The van der Waals surface area contributed by atoms with Crippen molar-refractivity contribution in [3.8, 4) is 0 Å². The second-order valence-electron chi connectivity index (χ2n) is 5.05. The standard InChI is InChI=1S/C12H19N3O2/c1-7(2)9-11(16)14-10(15-12(9)17)8-5-3-4-6-13-8/h7-9,13H,3-6H2,1-2H3,(H,14,15,16,17). The van der Waals surface area contributed by atoms with Crippen LogP contribution in [0.3, 0.4) is 0 Å². The van der Waals surface area contributed by atoms with Crippen molar-refractivity contribution in [1.29, 1.82) is 0 Å². The summed E-state index contributed by atoms with van der Waals surface area (Å²) in [6, 6.07) is 0.0322. The number of hydrogen-bond acceptors (Lipinski definition) is 3. The van der Waals surface area contributed by atoms with Gasteiger partial charge in [0.1, 0.15) is 11.8 Å². The van der Waals surface area contributed by atoms with Gasteiger partial charge in [-0.05, 0) is 25.3 Å². The maximum Gasteiger partial charge on any atom is 0.260 e. The highest BCUT2D eigenvalue weighted by molar-refractivity contribution is 6.17. The lowest BCUT2D eigenvalue weighted by Crippen LogP contribution is -2.54. The van der Waals surface area contributed by atoms with Crippen LogP contribution >= 0.6 is 0 Å². The number of nitrogens with one attached hydrogen (secondary N) is 2. The van der Waals surface area contributed by atoms with Gasteiger partial charge < -0.3 is 10.6 Å². The van der Waals surface area contributed by atoms with Crippen LogP contribution in [0.15, 0.2) is 4.99 Å². The van der Waals surface area contributed by atoms with E-state index in [1.165, 1.54) is 0 Å². The molecule has 2 atom stereocenters. The molecule has 0 radical (unpaired) electrons. The lowest BCUT2D eigenvalue weighted by atomic mass is 9.92. The molecule has 2 heterocycles. The lowest BCUT2D eigenvalue weighted by molar-refractivity contribution is -0.135. The third kappa shape index (κ3) is 2.54. The number of piperidine rings is 1. The van der Waals surface area contributed by atoms with Crippen molar-refractivity contribution in [1.82, 2.24) is 10.6 Å². The number of amides is 2. The first-order valence-electron chi connectivity index (χ1n) is 6.26. The quantitative estimate of drug-likeness (QED) is 0.685. The molecule has 0 saturated carbocycles. The van der Waals surface area contributed by atoms with E-state index in [1.807, 2.05) is 13.8 Å². The second-order valence-corrected chi connectivity index (χ2v) is 5.05. The highest BCUT2D eigenvalue weighted by Gasteiger charge is 2.36. The van der Waals surface area contributed by atoms with E-state index in [2.05, 4.69) is 15.6 Å². The Kier molecular flexibility index (Phi) is 3.57. The first kappa shape index (κ1) is 12.2. The Hall–Kier alpha value is -1.23. The van der Waals surface area contributed by atoms with Crippen molar-refractivity contribution in [3.63, 3.8) is 0 Å². The Morgan fingerprint density at radius 2 is 2.06 bits per heavy atom. The average Bonchev–Trinajstić information content (AvgIpc) is 2.28. The first-order chi connectivity index (χ1) is 8.09. The van der Waals surface area contributed by atoms with E-state index in [0.717, 1.165) is 25.8 Å². The number of amidine groups is 1. The smallest absolute Gasteiger partial charge is 0.260 e. The number of nitrogens with zero attached hydrogens (tertiary/aromatic N) is 1. The molecule has 0 aromatic heterocycles. The number of rotatable bonds is 2. The molecule has 0 aliphatic carbocycles. The summed E-state index contributed by atoms with van der Waals surface area (Å²) in [6.07, 6.45) is 3.17. The molecule has 2 unspecified atom stereocenters. The fourth-order valence-electron chi connectivity index (χ4n) is 2.37. The predicted molar refractivity (Wildman–Crippen MR) is 64.6 cm³/mol. The van der Waals surface area contributed by atoms with Gasteiger partial charge in [0.2, 0.25) is 5.91 Å². The fraction of sp³-hybridized carbons (Fsp3) is 0.750. The van der Waals surface area contributed by atoms with Crippen LogP contribution in [0, 0.1) is 11.8 Å². The summed E-state index contributed by atoms with van der Waals surface area (Å²) in [6.45, 7) is 4.64. The topological polar surface area (TPSA) is 70.6 Å². The van der Waals surface area contributed by atoms with Crippen LogP contribution in [0.25, 0.3) is 0 Å². The van der Waals surface area contributed by atoms with Gasteiger partial charge in [-0.1, -0.05) is 20.3 Å². The Balaban J connectivity index is 2.13. The second kappa shape index (κ2) is 4.96. The Labute approximate surface area is 101 Å². The molecule has 2 amide bonds. The lowest BCUT2D eigenvalue weighted by Gasteiger charge is -2.29. The van der Waals surface area contributed by atoms with Crippen LogP contribution < -0.4 is 10.6 Å². The molecule has 2 rings (SSSR count). The molecule has 5 nitrogen and oxygen atoms in total. The third-order valence-corrected chi connectivity index (χ3v) is 3.34. The van der Waals surface area contributed by atoms with Gasteiger partial charge in [-0.2, -0.15) is 4.99 Å². The summed E-state index contributed by atoms with van der Waals surface area (Å²) in [7, 11) is 0. The minimum absolute atomic E-state index is 0.00730. The highest BCUT2D eigenvalue weighted by Crippen LogP contribution is 2.18. The average molecular weight is 237 g/mol. The molecule has 1 fully saturated rings. The molecule has 2 aliphatic rings. The zero-order chi connectivity index (χ0) is 12.4. The minimum atomic E-state index is -0.623. The van der Waals surface area contributed by atoms with Crippen molar-refractivity contribution >= 4 is 17.6 Å². The van der Waals surface area contributed by atoms with E-state index in [9.17, 15) is 9.59 Å². The molecule has 17 heavy (non-hydrogen) atoms. The van der Waals surface area contributed by atoms with Gasteiger partial charge in [-0.25, -0.2) is 0 Å². The zero-order valence-electron chi connectivity index (χ0n) is 10.3. The van der Waals surface area contributed by atoms with Crippen molar-refractivity contribution in [3.05, 3.63) is 0 Å². The summed E-state index contributed by atoms with van der Waals surface area (Å²) >= 11 is 0. The van der Waals surface area contributed by atoms with E-state index in [4.69, 9.17) is 0 Å². The summed E-state index contributed by atoms with van der Waals surface area (Å²) in [5.74, 6) is -0.625. The van der Waals surface area contributed by atoms with Crippen LogP contribution in [0.1, 0.15) is 33.1 Å². The molecule has 5 heteroatoms. The van der Waals surface area contributed by atoms with Crippen molar-refractivity contribution in [2.75, 3.05) is 6.54 Å². The van der Waals surface area contributed by atoms with Crippen molar-refractivity contribution in [2.24, 2.45) is 16.8 Å². The minimum Gasteiger partial charge on any atom is -0.312 e. The maximum atomic E-state index is 11.9. The molecule has 0 bridgehead atoms. The maximum absolute atomic E-state index is 11.9. The fourth-order valence-corrected chi connectivity index (χ4v) is 2.37. The van der Waals surface area contributed by atoms with Crippen LogP contribution in [0.5, 0.6) is 0 Å². The van der Waals surface area contributed by atoms with E-state index in [-0.39, 0.29) is 23.8 Å². The molecule has 2 aliphatic heterocycles.